The third kappa shape index (κ3) is 6.53. The minimum Gasteiger partial charge on any atom is -0.465 e. The summed E-state index contributed by atoms with van der Waals surface area (Å²) in [6.45, 7) is 0. The highest BCUT2D eigenvalue weighted by atomic mass is 35.5. The second-order valence-corrected chi connectivity index (χ2v) is 11.8. The molecule has 0 aliphatic heterocycles. The molecule has 3 aromatic carbocycles. The first-order valence-corrected chi connectivity index (χ1v) is 15.4. The van der Waals surface area contributed by atoms with Crippen LogP contribution in [-0.4, -0.2) is 38.0 Å². The summed E-state index contributed by atoms with van der Waals surface area (Å²) in [6.07, 6.45) is 0. The van der Waals surface area contributed by atoms with Crippen molar-refractivity contribution in [3.8, 4) is 22.3 Å². The van der Waals surface area contributed by atoms with Gasteiger partial charge in [-0.25, -0.2) is 9.59 Å². The molecule has 222 valence electrons. The molecule has 2 amide bonds. The summed E-state index contributed by atoms with van der Waals surface area (Å²) in [6, 6.07) is 19.9. The topological polar surface area (TPSA) is 111 Å². The lowest BCUT2D eigenvalue weighted by Crippen LogP contribution is -2.16. The maximum absolute atomic E-state index is 13.1. The number of hydrogen-bond donors (Lipinski definition) is 2. The number of ether oxygens (including phenoxy) is 2. The molecule has 0 saturated heterocycles. The fourth-order valence-electron chi connectivity index (χ4n) is 4.32. The third-order valence-electron chi connectivity index (χ3n) is 6.53. The Bertz CT molecular complexity index is 1730. The average molecular weight is 666 g/mol. The molecule has 5 rings (SSSR count). The molecule has 0 aliphatic rings. The van der Waals surface area contributed by atoms with E-state index in [-0.39, 0.29) is 22.3 Å². The Morgan fingerprint density at radius 1 is 0.568 bits per heavy atom. The fraction of sp³-hybridized carbons (Fsp3) is 0.0625. The maximum Gasteiger partial charge on any atom is 0.341 e. The minimum absolute atomic E-state index is 0.222. The van der Waals surface area contributed by atoms with Crippen LogP contribution in [0.3, 0.4) is 0 Å². The number of rotatable bonds is 8. The molecular weight excluding hydrogens is 643 g/mol. The summed E-state index contributed by atoms with van der Waals surface area (Å²) < 4.78 is 9.95. The van der Waals surface area contributed by atoms with Crippen molar-refractivity contribution in [2.75, 3.05) is 24.9 Å². The molecule has 0 unspecified atom stereocenters. The van der Waals surface area contributed by atoms with Gasteiger partial charge in [-0.3, -0.25) is 9.59 Å². The first-order chi connectivity index (χ1) is 21.2. The van der Waals surface area contributed by atoms with Gasteiger partial charge < -0.3 is 20.1 Å². The van der Waals surface area contributed by atoms with E-state index in [9.17, 15) is 19.2 Å². The zero-order valence-electron chi connectivity index (χ0n) is 23.1. The number of halogens is 2. The molecule has 5 aromatic rings. The van der Waals surface area contributed by atoms with Gasteiger partial charge in [0.1, 0.15) is 21.1 Å². The lowest BCUT2D eigenvalue weighted by molar-refractivity contribution is 0.0594. The van der Waals surface area contributed by atoms with Gasteiger partial charge in [0.15, 0.2) is 0 Å². The monoisotopic (exact) mass is 664 g/mol. The molecule has 2 N–H and O–H groups in total. The van der Waals surface area contributed by atoms with E-state index in [1.807, 2.05) is 0 Å². The summed E-state index contributed by atoms with van der Waals surface area (Å²) in [5.74, 6) is -2.16. The van der Waals surface area contributed by atoms with Crippen molar-refractivity contribution in [3.05, 3.63) is 116 Å². The molecule has 0 saturated carbocycles. The Labute approximate surface area is 270 Å². The number of amides is 2. The highest BCUT2D eigenvalue weighted by Crippen LogP contribution is 2.38. The van der Waals surface area contributed by atoms with E-state index in [1.165, 1.54) is 61.2 Å². The van der Waals surface area contributed by atoms with Crippen molar-refractivity contribution >= 4 is 79.6 Å². The van der Waals surface area contributed by atoms with Gasteiger partial charge in [-0.15, -0.1) is 22.7 Å². The summed E-state index contributed by atoms with van der Waals surface area (Å²) in [7, 11) is 2.54. The van der Waals surface area contributed by atoms with Crippen LogP contribution in [0.25, 0.3) is 22.3 Å². The van der Waals surface area contributed by atoms with Gasteiger partial charge >= 0.3 is 11.9 Å². The van der Waals surface area contributed by atoms with Crippen LogP contribution in [0.2, 0.25) is 10.0 Å². The fourth-order valence-corrected chi connectivity index (χ4v) is 6.47. The highest BCUT2D eigenvalue weighted by molar-refractivity contribution is 7.15. The Hall–Kier alpha value is -4.48. The Balaban J connectivity index is 1.34. The van der Waals surface area contributed by atoms with Gasteiger partial charge in [0, 0.05) is 43.1 Å². The van der Waals surface area contributed by atoms with Gasteiger partial charge in [0.2, 0.25) is 0 Å². The zero-order chi connectivity index (χ0) is 31.4. The number of anilines is 2. The smallest absolute Gasteiger partial charge is 0.341 e. The van der Waals surface area contributed by atoms with Crippen LogP contribution in [-0.2, 0) is 9.47 Å². The summed E-state index contributed by atoms with van der Waals surface area (Å²) in [5.41, 5.74) is 3.64. The highest BCUT2D eigenvalue weighted by Gasteiger charge is 2.24. The number of benzene rings is 3. The quantitative estimate of drug-likeness (QED) is 0.161. The lowest BCUT2D eigenvalue weighted by Gasteiger charge is -2.09. The van der Waals surface area contributed by atoms with Crippen LogP contribution in [0.1, 0.15) is 41.4 Å². The van der Waals surface area contributed by atoms with Crippen LogP contribution in [0.15, 0.2) is 83.6 Å². The van der Waals surface area contributed by atoms with E-state index in [0.717, 1.165) is 11.1 Å². The number of hydrogen-bond acceptors (Lipinski definition) is 8. The Morgan fingerprint density at radius 2 is 0.909 bits per heavy atom. The molecule has 0 spiro atoms. The van der Waals surface area contributed by atoms with E-state index >= 15 is 0 Å². The largest absolute Gasteiger partial charge is 0.465 e. The van der Waals surface area contributed by atoms with Crippen LogP contribution < -0.4 is 10.6 Å². The minimum atomic E-state index is -0.599. The molecule has 2 heterocycles. The second-order valence-electron chi connectivity index (χ2n) is 9.19. The van der Waals surface area contributed by atoms with Crippen molar-refractivity contribution in [2.24, 2.45) is 0 Å². The molecule has 0 aliphatic carbocycles. The van der Waals surface area contributed by atoms with E-state index in [2.05, 4.69) is 10.6 Å². The van der Waals surface area contributed by atoms with Gasteiger partial charge in [0.25, 0.3) is 11.8 Å². The molecule has 8 nitrogen and oxygen atoms in total. The van der Waals surface area contributed by atoms with Crippen molar-refractivity contribution in [1.82, 2.24) is 0 Å². The van der Waals surface area contributed by atoms with Gasteiger partial charge in [-0.1, -0.05) is 47.5 Å². The van der Waals surface area contributed by atoms with Crippen molar-refractivity contribution in [3.63, 3.8) is 0 Å². The van der Waals surface area contributed by atoms with Gasteiger partial charge in [0.05, 0.1) is 14.2 Å². The van der Waals surface area contributed by atoms with Gasteiger partial charge in [-0.05, 0) is 59.7 Å². The standard InChI is InChI=1S/C32H22Cl2N2O6S2/c1-41-31(39)25-23(17-7-11-21(33)12-8-17)15-43-29(25)35-27(37)19-3-5-20(6-4-19)28(38)36-30-26(32(40)42-2)24(16-44-30)18-9-13-22(34)14-10-18/h3-16H,1-2H3,(H,35,37)(H,36,38). The number of methoxy groups -OCH3 is 2. The van der Waals surface area contributed by atoms with Crippen LogP contribution in [0.4, 0.5) is 10.0 Å². The van der Waals surface area contributed by atoms with E-state index in [4.69, 9.17) is 32.7 Å². The molecule has 2 aromatic heterocycles. The average Bonchev–Trinajstić information content (AvgIpc) is 3.65. The van der Waals surface area contributed by atoms with E-state index in [1.54, 1.807) is 59.3 Å². The summed E-state index contributed by atoms with van der Waals surface area (Å²) in [5, 5.41) is 10.8. The zero-order valence-corrected chi connectivity index (χ0v) is 26.2. The SMILES string of the molecule is COC(=O)c1c(-c2ccc(Cl)cc2)csc1NC(=O)c1ccc(C(=O)Nc2scc(-c3ccc(Cl)cc3)c2C(=O)OC)cc1. The number of esters is 2. The summed E-state index contributed by atoms with van der Waals surface area (Å²) in [4.78, 5) is 51.5. The number of carbonyl (C=O) groups excluding carboxylic acids is 4. The number of carbonyl (C=O) groups is 4. The molecule has 12 heteroatoms. The molecule has 0 radical (unpaired) electrons. The van der Waals surface area contributed by atoms with E-state index < -0.39 is 23.8 Å². The number of thiophene rings is 2. The molecule has 0 atom stereocenters. The molecular formula is C32H22Cl2N2O6S2. The van der Waals surface area contributed by atoms with Crippen LogP contribution in [0.5, 0.6) is 0 Å². The first-order valence-electron chi connectivity index (χ1n) is 12.8. The maximum atomic E-state index is 13.1. The van der Waals surface area contributed by atoms with Crippen molar-refractivity contribution in [2.45, 2.75) is 0 Å². The summed E-state index contributed by atoms with van der Waals surface area (Å²) >= 11 is 14.4. The first kappa shape index (κ1) is 31.0. The predicted molar refractivity (Wildman–Crippen MR) is 175 cm³/mol. The molecule has 44 heavy (non-hydrogen) atoms. The van der Waals surface area contributed by atoms with E-state index in [0.29, 0.717) is 31.2 Å². The third-order valence-corrected chi connectivity index (χ3v) is 8.83. The Morgan fingerprint density at radius 3 is 1.23 bits per heavy atom. The molecule has 0 bridgehead atoms. The molecule has 0 fully saturated rings. The van der Waals surface area contributed by atoms with Crippen molar-refractivity contribution < 1.29 is 28.7 Å². The van der Waals surface area contributed by atoms with Crippen molar-refractivity contribution in [1.29, 1.82) is 0 Å². The number of nitrogens with one attached hydrogen (secondary N) is 2. The Kier molecular flexibility index (Phi) is 9.46. The van der Waals surface area contributed by atoms with Crippen LogP contribution in [0, 0.1) is 0 Å². The predicted octanol–water partition coefficient (Wildman–Crippen LogP) is 8.53. The lowest BCUT2D eigenvalue weighted by atomic mass is 10.0. The van der Waals surface area contributed by atoms with Crippen LogP contribution >= 0.6 is 45.9 Å². The van der Waals surface area contributed by atoms with Gasteiger partial charge in [-0.2, -0.15) is 0 Å². The normalized spacial score (nSPS) is 10.6. The second kappa shape index (κ2) is 13.4.